The minimum Gasteiger partial charge on any atom is -0.469 e. The summed E-state index contributed by atoms with van der Waals surface area (Å²) < 4.78 is 4.98. The van der Waals surface area contributed by atoms with E-state index in [1.807, 2.05) is 12.1 Å². The van der Waals surface area contributed by atoms with Crippen LogP contribution < -0.4 is 5.73 Å². The zero-order valence-electron chi connectivity index (χ0n) is 14.7. The summed E-state index contributed by atoms with van der Waals surface area (Å²) in [4.78, 5) is 14.6. The molecule has 2 aromatic rings. The van der Waals surface area contributed by atoms with E-state index in [9.17, 15) is 4.79 Å². The highest BCUT2D eigenvalue weighted by Gasteiger charge is 2.51. The highest BCUT2D eigenvalue weighted by molar-refractivity contribution is 5.78. The van der Waals surface area contributed by atoms with Crippen LogP contribution in [0.15, 0.2) is 60.7 Å². The van der Waals surface area contributed by atoms with E-state index in [4.69, 9.17) is 10.5 Å². The van der Waals surface area contributed by atoms with Crippen LogP contribution in [-0.2, 0) is 22.6 Å². The standard InChI is InChI=1S/C21H26N2O2/c1-25-20(24)21(16-22)12-19(13-21)23(14-17-8-4-2-5-9-17)15-18-10-6-3-7-11-18/h2-11,19H,12-16,22H2,1H3. The van der Waals surface area contributed by atoms with Gasteiger partial charge in [-0.2, -0.15) is 0 Å². The highest BCUT2D eigenvalue weighted by atomic mass is 16.5. The van der Waals surface area contributed by atoms with Gasteiger partial charge in [0.1, 0.15) is 0 Å². The van der Waals surface area contributed by atoms with Gasteiger partial charge in [-0.25, -0.2) is 0 Å². The van der Waals surface area contributed by atoms with Crippen LogP contribution in [0.1, 0.15) is 24.0 Å². The van der Waals surface area contributed by atoms with Crippen molar-refractivity contribution in [3.8, 4) is 0 Å². The van der Waals surface area contributed by atoms with Gasteiger partial charge in [0.15, 0.2) is 0 Å². The Bertz CT molecular complexity index is 640. The molecule has 0 bridgehead atoms. The fraction of sp³-hybridized carbons (Fsp3) is 0.381. The second-order valence-corrected chi connectivity index (χ2v) is 6.91. The molecule has 2 aromatic carbocycles. The second-order valence-electron chi connectivity index (χ2n) is 6.91. The molecule has 0 atom stereocenters. The van der Waals surface area contributed by atoms with E-state index in [0.29, 0.717) is 12.6 Å². The van der Waals surface area contributed by atoms with Crippen molar-refractivity contribution in [1.82, 2.24) is 4.90 Å². The number of esters is 1. The van der Waals surface area contributed by atoms with Gasteiger partial charge >= 0.3 is 5.97 Å². The SMILES string of the molecule is COC(=O)C1(CN)CC(N(Cc2ccccc2)Cc2ccccc2)C1. The Hall–Kier alpha value is -2.17. The van der Waals surface area contributed by atoms with E-state index >= 15 is 0 Å². The molecule has 1 saturated carbocycles. The zero-order valence-corrected chi connectivity index (χ0v) is 14.7. The number of carbonyl (C=O) groups excluding carboxylic acids is 1. The molecule has 0 aliphatic heterocycles. The molecule has 3 rings (SSSR count). The van der Waals surface area contributed by atoms with Crippen LogP contribution in [0.3, 0.4) is 0 Å². The summed E-state index contributed by atoms with van der Waals surface area (Å²) in [7, 11) is 1.44. The molecule has 4 nitrogen and oxygen atoms in total. The van der Waals surface area contributed by atoms with Crippen molar-refractivity contribution in [2.45, 2.75) is 32.0 Å². The van der Waals surface area contributed by atoms with Crippen LogP contribution >= 0.6 is 0 Å². The van der Waals surface area contributed by atoms with Gasteiger partial charge in [0.2, 0.25) is 0 Å². The highest BCUT2D eigenvalue weighted by Crippen LogP contribution is 2.44. The number of nitrogens with zero attached hydrogens (tertiary/aromatic N) is 1. The molecule has 1 fully saturated rings. The molecule has 0 unspecified atom stereocenters. The Labute approximate surface area is 149 Å². The van der Waals surface area contributed by atoms with E-state index in [2.05, 4.69) is 53.4 Å². The Morgan fingerprint density at radius 3 is 1.92 bits per heavy atom. The molecule has 4 heteroatoms. The van der Waals surface area contributed by atoms with Crippen molar-refractivity contribution in [1.29, 1.82) is 0 Å². The monoisotopic (exact) mass is 338 g/mol. The first-order chi connectivity index (χ1) is 12.2. The average molecular weight is 338 g/mol. The number of nitrogens with two attached hydrogens (primary N) is 1. The number of ether oxygens (including phenoxy) is 1. The van der Waals surface area contributed by atoms with Crippen LogP contribution in [0.25, 0.3) is 0 Å². The van der Waals surface area contributed by atoms with Crippen LogP contribution in [-0.4, -0.2) is 30.6 Å². The summed E-state index contributed by atoms with van der Waals surface area (Å²) in [6.07, 6.45) is 1.52. The zero-order chi connectivity index (χ0) is 17.7. The number of methoxy groups -OCH3 is 1. The minimum atomic E-state index is -0.509. The van der Waals surface area contributed by atoms with Crippen molar-refractivity contribution in [2.24, 2.45) is 11.1 Å². The summed E-state index contributed by atoms with van der Waals surface area (Å²) in [5, 5.41) is 0. The smallest absolute Gasteiger partial charge is 0.313 e. The van der Waals surface area contributed by atoms with Gasteiger partial charge in [-0.1, -0.05) is 60.7 Å². The summed E-state index contributed by atoms with van der Waals surface area (Å²) in [5.41, 5.74) is 7.94. The van der Waals surface area contributed by atoms with E-state index in [-0.39, 0.29) is 5.97 Å². The topological polar surface area (TPSA) is 55.6 Å². The number of benzene rings is 2. The Morgan fingerprint density at radius 2 is 1.52 bits per heavy atom. The van der Waals surface area contributed by atoms with Gasteiger partial charge in [0, 0.05) is 25.7 Å². The summed E-state index contributed by atoms with van der Waals surface area (Å²) >= 11 is 0. The fourth-order valence-corrected chi connectivity index (χ4v) is 3.68. The molecule has 132 valence electrons. The van der Waals surface area contributed by atoms with Crippen molar-refractivity contribution < 1.29 is 9.53 Å². The van der Waals surface area contributed by atoms with E-state index < -0.39 is 5.41 Å². The molecule has 0 saturated heterocycles. The van der Waals surface area contributed by atoms with Crippen LogP contribution in [0, 0.1) is 5.41 Å². The fourth-order valence-electron chi connectivity index (χ4n) is 3.68. The maximum Gasteiger partial charge on any atom is 0.313 e. The van der Waals surface area contributed by atoms with Gasteiger partial charge in [-0.3, -0.25) is 9.69 Å². The Morgan fingerprint density at radius 1 is 1.04 bits per heavy atom. The van der Waals surface area contributed by atoms with E-state index in [1.54, 1.807) is 0 Å². The lowest BCUT2D eigenvalue weighted by Gasteiger charge is -2.49. The lowest BCUT2D eigenvalue weighted by molar-refractivity contribution is -0.162. The van der Waals surface area contributed by atoms with Gasteiger partial charge in [0.05, 0.1) is 12.5 Å². The third kappa shape index (κ3) is 3.91. The molecule has 1 aliphatic rings. The number of hydrogen-bond acceptors (Lipinski definition) is 4. The van der Waals surface area contributed by atoms with Crippen LogP contribution in [0.2, 0.25) is 0 Å². The van der Waals surface area contributed by atoms with Gasteiger partial charge in [-0.15, -0.1) is 0 Å². The van der Waals surface area contributed by atoms with E-state index in [1.165, 1.54) is 18.2 Å². The predicted octanol–water partition coefficient (Wildman–Crippen LogP) is 2.97. The van der Waals surface area contributed by atoms with Gasteiger partial charge in [0.25, 0.3) is 0 Å². The minimum absolute atomic E-state index is 0.175. The summed E-state index contributed by atoms with van der Waals surface area (Å²) in [6.45, 7) is 2.07. The van der Waals surface area contributed by atoms with Gasteiger partial charge < -0.3 is 10.5 Å². The maximum atomic E-state index is 12.1. The number of rotatable bonds is 7. The molecule has 1 aliphatic carbocycles. The summed E-state index contributed by atoms with van der Waals surface area (Å²) in [5.74, 6) is -0.175. The second kappa shape index (κ2) is 7.81. The first kappa shape index (κ1) is 17.6. The first-order valence-corrected chi connectivity index (χ1v) is 8.77. The molecule has 0 radical (unpaired) electrons. The lowest BCUT2D eigenvalue weighted by Crippen LogP contribution is -2.57. The van der Waals surface area contributed by atoms with Crippen molar-refractivity contribution in [3.05, 3.63) is 71.8 Å². The molecular weight excluding hydrogens is 312 g/mol. The maximum absolute atomic E-state index is 12.1. The number of carbonyl (C=O) groups is 1. The molecule has 0 heterocycles. The Kier molecular flexibility index (Phi) is 5.51. The molecule has 25 heavy (non-hydrogen) atoms. The normalized spacial score (nSPS) is 22.4. The lowest BCUT2D eigenvalue weighted by atomic mass is 9.64. The Balaban J connectivity index is 1.74. The third-order valence-corrected chi connectivity index (χ3v) is 5.24. The predicted molar refractivity (Wildman–Crippen MR) is 98.7 cm³/mol. The van der Waals surface area contributed by atoms with Crippen molar-refractivity contribution >= 4 is 5.97 Å². The van der Waals surface area contributed by atoms with Gasteiger partial charge in [-0.05, 0) is 24.0 Å². The van der Waals surface area contributed by atoms with Crippen molar-refractivity contribution in [2.75, 3.05) is 13.7 Å². The molecule has 0 spiro atoms. The largest absolute Gasteiger partial charge is 0.469 e. The average Bonchev–Trinajstić information content (AvgIpc) is 2.62. The molecular formula is C21H26N2O2. The molecule has 0 amide bonds. The quantitative estimate of drug-likeness (QED) is 0.789. The molecule has 0 aromatic heterocycles. The van der Waals surface area contributed by atoms with Crippen LogP contribution in [0.4, 0.5) is 0 Å². The third-order valence-electron chi connectivity index (χ3n) is 5.24. The van der Waals surface area contributed by atoms with Crippen molar-refractivity contribution in [3.63, 3.8) is 0 Å². The number of hydrogen-bond donors (Lipinski definition) is 1. The molecule has 2 N–H and O–H groups in total. The van der Waals surface area contributed by atoms with Crippen LogP contribution in [0.5, 0.6) is 0 Å². The van der Waals surface area contributed by atoms with E-state index in [0.717, 1.165) is 25.9 Å². The first-order valence-electron chi connectivity index (χ1n) is 8.77. The summed E-state index contributed by atoms with van der Waals surface area (Å²) in [6, 6.07) is 21.2.